The Morgan fingerprint density at radius 2 is 1.60 bits per heavy atom. The monoisotopic (exact) mass is 398 g/mol. The summed E-state index contributed by atoms with van der Waals surface area (Å²) in [6.45, 7) is 0. The van der Waals surface area contributed by atoms with Gasteiger partial charge in [-0.3, -0.25) is 0 Å². The molecular weight excluding hydrogens is 401 g/mol. The third kappa shape index (κ3) is 2.27. The molecular formula is C4HBr3OSZn. The van der Waals surface area contributed by atoms with Gasteiger partial charge in [-0.05, 0) is 47.8 Å². The van der Waals surface area contributed by atoms with E-state index in [1.165, 1.54) is 11.3 Å². The standard InChI is InChI=1S/C4HBr3OS.Zn/c5-1-2(6)4(8)9-3(1)7;/h8H;. The van der Waals surface area contributed by atoms with Crippen LogP contribution in [0, 0.1) is 0 Å². The fourth-order valence-corrected chi connectivity index (χ4v) is 2.97. The molecule has 52 valence electrons. The fraction of sp³-hybridized carbons (Fsp3) is 0. The second-order valence-corrected chi connectivity index (χ2v) is 5.21. The largest absolute Gasteiger partial charge is 0.499 e. The Bertz CT molecular complexity index is 214. The van der Waals surface area contributed by atoms with Crippen LogP contribution in [0.1, 0.15) is 0 Å². The molecule has 0 amide bonds. The molecule has 1 nitrogen and oxygen atoms in total. The zero-order chi connectivity index (χ0) is 7.02. The maximum absolute atomic E-state index is 9.03. The van der Waals surface area contributed by atoms with Gasteiger partial charge in [0.05, 0.1) is 12.7 Å². The van der Waals surface area contributed by atoms with E-state index in [1.54, 1.807) is 0 Å². The summed E-state index contributed by atoms with van der Waals surface area (Å²) < 4.78 is 2.47. The van der Waals surface area contributed by atoms with Crippen LogP contribution in [0.4, 0.5) is 0 Å². The topological polar surface area (TPSA) is 20.2 Å². The Morgan fingerprint density at radius 1 is 1.10 bits per heavy atom. The molecule has 0 aliphatic rings. The smallest absolute Gasteiger partial charge is 0.188 e. The maximum atomic E-state index is 9.03. The predicted octanol–water partition coefficient (Wildman–Crippen LogP) is 3.74. The zero-order valence-electron chi connectivity index (χ0n) is 4.70. The van der Waals surface area contributed by atoms with E-state index in [-0.39, 0.29) is 24.5 Å². The molecule has 0 spiro atoms. The van der Waals surface area contributed by atoms with Gasteiger partial charge >= 0.3 is 0 Å². The molecule has 1 aromatic heterocycles. The normalized spacial score (nSPS) is 9.10. The molecule has 0 aliphatic carbocycles. The van der Waals surface area contributed by atoms with Gasteiger partial charge in [0.2, 0.25) is 0 Å². The number of hydrogen-bond donors (Lipinski definition) is 1. The molecule has 0 fully saturated rings. The van der Waals surface area contributed by atoms with Crippen LogP contribution in [-0.2, 0) is 19.5 Å². The molecule has 1 heterocycles. The van der Waals surface area contributed by atoms with Crippen LogP contribution < -0.4 is 0 Å². The van der Waals surface area contributed by atoms with Crippen molar-refractivity contribution in [3.8, 4) is 5.06 Å². The molecule has 10 heavy (non-hydrogen) atoms. The summed E-state index contributed by atoms with van der Waals surface area (Å²) >= 11 is 11.0. The number of thiophene rings is 1. The molecule has 0 bridgehead atoms. The minimum atomic E-state index is 0. The van der Waals surface area contributed by atoms with Crippen molar-refractivity contribution in [2.75, 3.05) is 0 Å². The molecule has 0 atom stereocenters. The summed E-state index contributed by atoms with van der Waals surface area (Å²) in [6, 6.07) is 0. The minimum absolute atomic E-state index is 0. The quantitative estimate of drug-likeness (QED) is 0.656. The number of hydrogen-bond acceptors (Lipinski definition) is 2. The van der Waals surface area contributed by atoms with Crippen molar-refractivity contribution in [3.63, 3.8) is 0 Å². The molecule has 0 aliphatic heterocycles. The average Bonchev–Trinajstić information content (AvgIpc) is 1.98. The first-order chi connectivity index (χ1) is 4.13. The van der Waals surface area contributed by atoms with Gasteiger partial charge in [-0.25, -0.2) is 0 Å². The van der Waals surface area contributed by atoms with Gasteiger partial charge in [0.15, 0.2) is 5.06 Å². The average molecular weight is 402 g/mol. The summed E-state index contributed by atoms with van der Waals surface area (Å²) in [5.74, 6) is 0. The summed E-state index contributed by atoms with van der Waals surface area (Å²) in [6.07, 6.45) is 0. The van der Waals surface area contributed by atoms with Crippen LogP contribution >= 0.6 is 59.1 Å². The summed E-state index contributed by atoms with van der Waals surface area (Å²) in [7, 11) is 0. The maximum Gasteiger partial charge on any atom is 0.188 e. The van der Waals surface area contributed by atoms with Crippen LogP contribution in [0.15, 0.2) is 12.7 Å². The number of halogens is 3. The van der Waals surface area contributed by atoms with E-state index >= 15 is 0 Å². The van der Waals surface area contributed by atoms with Crippen LogP contribution in [0.3, 0.4) is 0 Å². The second kappa shape index (κ2) is 4.56. The van der Waals surface area contributed by atoms with Gasteiger partial charge in [-0.1, -0.05) is 11.3 Å². The van der Waals surface area contributed by atoms with Gasteiger partial charge < -0.3 is 5.11 Å². The third-order valence-corrected chi connectivity index (χ3v) is 5.56. The summed E-state index contributed by atoms with van der Waals surface area (Å²) in [5, 5.41) is 9.32. The first kappa shape index (κ1) is 11.6. The molecule has 1 aromatic rings. The van der Waals surface area contributed by atoms with Gasteiger partial charge in [-0.2, -0.15) is 0 Å². The SMILES string of the molecule is Oc1sc(Br)c(Br)c1Br.[Zn]. The second-order valence-electron chi connectivity index (χ2n) is 1.31. The van der Waals surface area contributed by atoms with Crippen molar-refractivity contribution in [2.45, 2.75) is 0 Å². The van der Waals surface area contributed by atoms with E-state index in [9.17, 15) is 0 Å². The first-order valence-corrected chi connectivity index (χ1v) is 5.14. The molecule has 6 heteroatoms. The van der Waals surface area contributed by atoms with E-state index in [2.05, 4.69) is 47.8 Å². The molecule has 0 aromatic carbocycles. The molecule has 0 saturated carbocycles. The van der Waals surface area contributed by atoms with Crippen molar-refractivity contribution in [3.05, 3.63) is 12.7 Å². The molecule has 1 N–H and O–H groups in total. The van der Waals surface area contributed by atoms with Crippen molar-refractivity contribution in [1.82, 2.24) is 0 Å². The summed E-state index contributed by atoms with van der Waals surface area (Å²) in [4.78, 5) is 0. The molecule has 0 saturated heterocycles. The predicted molar refractivity (Wildman–Crippen MR) is 49.1 cm³/mol. The van der Waals surface area contributed by atoms with E-state index in [0.717, 1.165) is 8.26 Å². The van der Waals surface area contributed by atoms with Crippen molar-refractivity contribution < 1.29 is 24.6 Å². The Morgan fingerprint density at radius 3 is 1.70 bits per heavy atom. The van der Waals surface area contributed by atoms with E-state index in [1.807, 2.05) is 0 Å². The zero-order valence-corrected chi connectivity index (χ0v) is 13.2. The molecule has 1 rings (SSSR count). The number of aromatic hydroxyl groups is 1. The third-order valence-electron chi connectivity index (χ3n) is 0.739. The van der Waals surface area contributed by atoms with E-state index < -0.39 is 0 Å². The van der Waals surface area contributed by atoms with E-state index in [4.69, 9.17) is 5.11 Å². The molecule has 0 radical (unpaired) electrons. The van der Waals surface area contributed by atoms with Crippen LogP contribution in [0.2, 0.25) is 0 Å². The Hall–Kier alpha value is 1.56. The Balaban J connectivity index is 0.000000810. The van der Waals surface area contributed by atoms with Crippen LogP contribution in [-0.4, -0.2) is 5.11 Å². The van der Waals surface area contributed by atoms with Gasteiger partial charge in [0.25, 0.3) is 0 Å². The van der Waals surface area contributed by atoms with Gasteiger partial charge in [-0.15, -0.1) is 0 Å². The van der Waals surface area contributed by atoms with Crippen LogP contribution in [0.5, 0.6) is 5.06 Å². The first-order valence-electron chi connectivity index (χ1n) is 1.95. The summed E-state index contributed by atoms with van der Waals surface area (Å²) in [5.41, 5.74) is 0. The van der Waals surface area contributed by atoms with Gasteiger partial charge in [0, 0.05) is 19.5 Å². The Labute approximate surface area is 100 Å². The van der Waals surface area contributed by atoms with Gasteiger partial charge in [0.1, 0.15) is 0 Å². The fourth-order valence-electron chi connectivity index (χ4n) is 0.355. The number of rotatable bonds is 0. The van der Waals surface area contributed by atoms with Crippen LogP contribution in [0.25, 0.3) is 0 Å². The van der Waals surface area contributed by atoms with E-state index in [0.29, 0.717) is 4.47 Å². The van der Waals surface area contributed by atoms with Crippen molar-refractivity contribution in [2.24, 2.45) is 0 Å². The molecule has 0 unspecified atom stereocenters. The van der Waals surface area contributed by atoms with Crippen molar-refractivity contribution >= 4 is 59.1 Å². The Kier molecular flexibility index (Phi) is 5.27. The minimum Gasteiger partial charge on any atom is -0.499 e. The van der Waals surface area contributed by atoms with Crippen molar-refractivity contribution in [1.29, 1.82) is 0 Å².